The molecule has 5 nitrogen and oxygen atoms in total. The van der Waals surface area contributed by atoms with E-state index in [2.05, 4.69) is 17.0 Å². The van der Waals surface area contributed by atoms with Crippen LogP contribution in [0.5, 0.6) is 0 Å². The minimum Gasteiger partial charge on any atom is -0.385 e. The van der Waals surface area contributed by atoms with Gasteiger partial charge in [-0.3, -0.25) is 4.21 Å². The summed E-state index contributed by atoms with van der Waals surface area (Å²) in [6.07, 6.45) is 2.57. The zero-order chi connectivity index (χ0) is 15.2. The first kappa shape index (κ1) is 17.1. The number of benzene rings is 1. The Morgan fingerprint density at radius 3 is 2.35 bits per heavy atom. The lowest BCUT2D eigenvalue weighted by Crippen LogP contribution is -2.32. The van der Waals surface area contributed by atoms with E-state index in [0.717, 1.165) is 18.7 Å². The fourth-order valence-electron chi connectivity index (χ4n) is 1.45. The van der Waals surface area contributed by atoms with Crippen molar-refractivity contribution >= 4 is 26.5 Å². The second-order valence-corrected chi connectivity index (χ2v) is 8.18. The Morgan fingerprint density at radius 2 is 1.85 bits per heavy atom. The summed E-state index contributed by atoms with van der Waals surface area (Å²) in [6.45, 7) is 4.83. The quantitative estimate of drug-likeness (QED) is 0.762. The Labute approximate surface area is 123 Å². The molecule has 1 aromatic carbocycles. The Kier molecular flexibility index (Phi) is 6.64. The Bertz CT molecular complexity index is 541. The highest BCUT2D eigenvalue weighted by Gasteiger charge is 2.16. The Morgan fingerprint density at radius 1 is 1.25 bits per heavy atom. The normalized spacial score (nSPS) is 14.8. The van der Waals surface area contributed by atoms with Crippen molar-refractivity contribution in [3.8, 4) is 0 Å². The van der Waals surface area contributed by atoms with Crippen molar-refractivity contribution in [2.45, 2.75) is 30.4 Å². The van der Waals surface area contributed by atoms with E-state index in [-0.39, 0.29) is 16.7 Å². The first-order chi connectivity index (χ1) is 9.36. The molecule has 0 heterocycles. The zero-order valence-corrected chi connectivity index (χ0v) is 13.7. The molecule has 0 radical (unpaired) electrons. The molecule has 20 heavy (non-hydrogen) atoms. The van der Waals surface area contributed by atoms with Crippen LogP contribution < -0.4 is 10.0 Å². The predicted octanol–water partition coefficient (Wildman–Crippen LogP) is 1.55. The molecule has 2 unspecified atom stereocenters. The fourth-order valence-corrected chi connectivity index (χ4v) is 3.00. The molecular formula is C13H22N2O3S2. The number of hydrogen-bond acceptors (Lipinski definition) is 4. The SMILES string of the molecule is CCCNc1ccc(S(=O)(=O)NCC(C)S(C)=O)cc1. The van der Waals surface area contributed by atoms with Crippen LogP contribution >= 0.6 is 0 Å². The number of nitrogens with one attached hydrogen (secondary N) is 2. The van der Waals surface area contributed by atoms with E-state index in [1.54, 1.807) is 37.4 Å². The average Bonchev–Trinajstić information content (AvgIpc) is 2.43. The lowest BCUT2D eigenvalue weighted by atomic mass is 10.3. The minimum absolute atomic E-state index is 0.168. The maximum atomic E-state index is 12.1. The van der Waals surface area contributed by atoms with Crippen LogP contribution in [-0.2, 0) is 20.8 Å². The van der Waals surface area contributed by atoms with Gasteiger partial charge in [0.05, 0.1) is 4.90 Å². The number of rotatable bonds is 8. The van der Waals surface area contributed by atoms with Gasteiger partial charge >= 0.3 is 0 Å². The maximum Gasteiger partial charge on any atom is 0.240 e. The third-order valence-electron chi connectivity index (χ3n) is 2.87. The summed E-state index contributed by atoms with van der Waals surface area (Å²) in [5.41, 5.74) is 0.897. The van der Waals surface area contributed by atoms with E-state index < -0.39 is 20.8 Å². The van der Waals surface area contributed by atoms with Gasteiger partial charge in [0, 0.05) is 41.1 Å². The summed E-state index contributed by atoms with van der Waals surface area (Å²) >= 11 is 0. The topological polar surface area (TPSA) is 75.3 Å². The monoisotopic (exact) mass is 318 g/mol. The fraction of sp³-hybridized carbons (Fsp3) is 0.538. The van der Waals surface area contributed by atoms with E-state index >= 15 is 0 Å². The van der Waals surface area contributed by atoms with Gasteiger partial charge in [0.2, 0.25) is 10.0 Å². The van der Waals surface area contributed by atoms with Gasteiger partial charge in [0.1, 0.15) is 0 Å². The van der Waals surface area contributed by atoms with E-state index in [1.807, 2.05) is 0 Å². The van der Waals surface area contributed by atoms with E-state index in [9.17, 15) is 12.6 Å². The van der Waals surface area contributed by atoms with Gasteiger partial charge < -0.3 is 5.32 Å². The third kappa shape index (κ3) is 5.22. The summed E-state index contributed by atoms with van der Waals surface area (Å²) in [5.74, 6) is 0. The van der Waals surface area contributed by atoms with Crippen molar-refractivity contribution in [2.75, 3.05) is 24.7 Å². The molecule has 2 N–H and O–H groups in total. The largest absolute Gasteiger partial charge is 0.385 e. The molecule has 0 aliphatic rings. The molecule has 0 aliphatic heterocycles. The molecule has 1 aromatic rings. The van der Waals surface area contributed by atoms with Crippen LogP contribution in [0.3, 0.4) is 0 Å². The van der Waals surface area contributed by atoms with Crippen LogP contribution in [0.1, 0.15) is 20.3 Å². The predicted molar refractivity (Wildman–Crippen MR) is 83.9 cm³/mol. The maximum absolute atomic E-state index is 12.1. The van der Waals surface area contributed by atoms with Crippen LogP contribution in [0.25, 0.3) is 0 Å². The van der Waals surface area contributed by atoms with Crippen molar-refractivity contribution in [2.24, 2.45) is 0 Å². The molecule has 0 saturated carbocycles. The lowest BCUT2D eigenvalue weighted by molar-refractivity contribution is 0.580. The summed E-state index contributed by atoms with van der Waals surface area (Å²) in [5, 5.41) is 2.97. The van der Waals surface area contributed by atoms with Gasteiger partial charge in [-0.05, 0) is 37.6 Å². The summed E-state index contributed by atoms with van der Waals surface area (Å²) < 4.78 is 37.8. The molecule has 0 saturated heterocycles. The van der Waals surface area contributed by atoms with E-state index in [1.165, 1.54) is 0 Å². The highest BCUT2D eigenvalue weighted by Crippen LogP contribution is 2.14. The van der Waals surface area contributed by atoms with Gasteiger partial charge in [-0.15, -0.1) is 0 Å². The van der Waals surface area contributed by atoms with Crippen molar-refractivity contribution in [3.05, 3.63) is 24.3 Å². The second kappa shape index (κ2) is 7.75. The molecule has 0 bridgehead atoms. The van der Waals surface area contributed by atoms with Crippen LogP contribution in [0.15, 0.2) is 29.2 Å². The average molecular weight is 318 g/mol. The molecular weight excluding hydrogens is 296 g/mol. The number of sulfonamides is 1. The highest BCUT2D eigenvalue weighted by molar-refractivity contribution is 7.89. The van der Waals surface area contributed by atoms with Gasteiger partial charge in [0.15, 0.2) is 0 Å². The first-order valence-corrected chi connectivity index (χ1v) is 9.63. The van der Waals surface area contributed by atoms with Gasteiger partial charge in [-0.25, -0.2) is 13.1 Å². The molecule has 2 atom stereocenters. The van der Waals surface area contributed by atoms with Crippen molar-refractivity contribution in [3.63, 3.8) is 0 Å². The molecule has 0 aliphatic carbocycles. The van der Waals surface area contributed by atoms with Crippen molar-refractivity contribution < 1.29 is 12.6 Å². The standard InChI is InChI=1S/C13H22N2O3S2/c1-4-9-14-12-5-7-13(8-6-12)20(17,18)15-10-11(2)19(3)16/h5-8,11,14-15H,4,9-10H2,1-3H3. The summed E-state index contributed by atoms with van der Waals surface area (Å²) in [6, 6.07) is 6.61. The lowest BCUT2D eigenvalue weighted by Gasteiger charge is -2.11. The van der Waals surface area contributed by atoms with Crippen LogP contribution in [0.4, 0.5) is 5.69 Å². The van der Waals surface area contributed by atoms with Crippen LogP contribution in [0.2, 0.25) is 0 Å². The Hall–Kier alpha value is -0.920. The molecule has 0 fully saturated rings. The Balaban J connectivity index is 2.70. The summed E-state index contributed by atoms with van der Waals surface area (Å²) in [4.78, 5) is 0.216. The molecule has 7 heteroatoms. The van der Waals surface area contributed by atoms with E-state index in [4.69, 9.17) is 0 Å². The number of anilines is 1. The van der Waals surface area contributed by atoms with Gasteiger partial charge in [-0.1, -0.05) is 6.92 Å². The summed E-state index contributed by atoms with van der Waals surface area (Å²) in [7, 11) is -4.58. The molecule has 1 rings (SSSR count). The second-order valence-electron chi connectivity index (χ2n) is 4.61. The molecule has 0 spiro atoms. The number of hydrogen-bond donors (Lipinski definition) is 2. The third-order valence-corrected chi connectivity index (χ3v) is 5.61. The zero-order valence-electron chi connectivity index (χ0n) is 12.0. The highest BCUT2D eigenvalue weighted by atomic mass is 32.2. The smallest absolute Gasteiger partial charge is 0.240 e. The van der Waals surface area contributed by atoms with Gasteiger partial charge in [0.25, 0.3) is 0 Å². The molecule has 114 valence electrons. The minimum atomic E-state index is -3.54. The first-order valence-electron chi connectivity index (χ1n) is 6.52. The van der Waals surface area contributed by atoms with Crippen LogP contribution in [0, 0.1) is 0 Å². The van der Waals surface area contributed by atoms with E-state index in [0.29, 0.717) is 0 Å². The van der Waals surface area contributed by atoms with Crippen LogP contribution in [-0.4, -0.2) is 37.2 Å². The van der Waals surface area contributed by atoms with Crippen molar-refractivity contribution in [1.29, 1.82) is 0 Å². The van der Waals surface area contributed by atoms with Gasteiger partial charge in [-0.2, -0.15) is 0 Å². The van der Waals surface area contributed by atoms with Crippen molar-refractivity contribution in [1.82, 2.24) is 4.72 Å². The molecule has 0 amide bonds. The molecule has 0 aromatic heterocycles.